The summed E-state index contributed by atoms with van der Waals surface area (Å²) in [6.07, 6.45) is 0.469. The van der Waals surface area contributed by atoms with Crippen molar-refractivity contribution in [3.63, 3.8) is 0 Å². The average Bonchev–Trinajstić information content (AvgIpc) is 2.56. The number of rotatable bonds is 3. The van der Waals surface area contributed by atoms with Gasteiger partial charge in [0.15, 0.2) is 15.7 Å². The molecule has 2 rings (SSSR count). The third kappa shape index (κ3) is 2.95. The van der Waals surface area contributed by atoms with Crippen molar-refractivity contribution in [2.75, 3.05) is 22.6 Å². The number of nitrogens with zero attached hydrogens (tertiary/aromatic N) is 1. The van der Waals surface area contributed by atoms with Crippen LogP contribution in [0.25, 0.3) is 0 Å². The van der Waals surface area contributed by atoms with E-state index < -0.39 is 21.3 Å². The van der Waals surface area contributed by atoms with Crippen molar-refractivity contribution in [3.05, 3.63) is 17.8 Å². The molecule has 19 heavy (non-hydrogen) atoms. The summed E-state index contributed by atoms with van der Waals surface area (Å²) in [5.41, 5.74) is 10.7. The minimum atomic E-state index is -3.04. The molecule has 1 aliphatic heterocycles. The molecule has 5 N–H and O–H groups in total. The highest BCUT2D eigenvalue weighted by Crippen LogP contribution is 2.29. The third-order valence-electron chi connectivity index (χ3n) is 3.10. The summed E-state index contributed by atoms with van der Waals surface area (Å²) in [6.45, 7) is 1.79. The van der Waals surface area contributed by atoms with Crippen LogP contribution in [-0.2, 0) is 9.84 Å². The number of primary amides is 1. The van der Waals surface area contributed by atoms with E-state index in [1.807, 2.05) is 0 Å². The Labute approximate surface area is 111 Å². The number of pyridine rings is 1. The van der Waals surface area contributed by atoms with E-state index in [1.165, 1.54) is 12.1 Å². The standard InChI is InChI=1S/C11H16N4O3S/c1-11(4-5-19(17,18)6-11)15-10-7(12)2-3-8(14-10)9(13)16/h2-3H,4-6,12H2,1H3,(H2,13,16)(H,14,15). The van der Waals surface area contributed by atoms with E-state index in [0.717, 1.165) is 0 Å². The van der Waals surface area contributed by atoms with Crippen molar-refractivity contribution in [3.8, 4) is 0 Å². The molecule has 1 aromatic heterocycles. The number of amides is 1. The molecule has 0 aromatic carbocycles. The van der Waals surface area contributed by atoms with Crippen LogP contribution in [0.5, 0.6) is 0 Å². The molecule has 104 valence electrons. The molecule has 0 saturated carbocycles. The van der Waals surface area contributed by atoms with E-state index in [4.69, 9.17) is 11.5 Å². The van der Waals surface area contributed by atoms with Crippen molar-refractivity contribution in [1.82, 2.24) is 4.98 Å². The lowest BCUT2D eigenvalue weighted by atomic mass is 10.0. The molecule has 1 amide bonds. The van der Waals surface area contributed by atoms with Crippen LogP contribution >= 0.6 is 0 Å². The number of hydrogen-bond acceptors (Lipinski definition) is 6. The lowest BCUT2D eigenvalue weighted by Crippen LogP contribution is -2.36. The van der Waals surface area contributed by atoms with Crippen molar-refractivity contribution in [2.45, 2.75) is 18.9 Å². The number of anilines is 2. The second kappa shape index (κ2) is 4.37. The second-order valence-corrected chi connectivity index (χ2v) is 7.21. The predicted octanol–water partition coefficient (Wildman–Crippen LogP) is -0.248. The minimum absolute atomic E-state index is 0.0158. The van der Waals surface area contributed by atoms with Gasteiger partial charge in [-0.05, 0) is 25.5 Å². The van der Waals surface area contributed by atoms with Crippen LogP contribution in [0.1, 0.15) is 23.8 Å². The van der Waals surface area contributed by atoms with Gasteiger partial charge < -0.3 is 16.8 Å². The molecule has 8 heteroatoms. The summed E-state index contributed by atoms with van der Waals surface area (Å²) in [4.78, 5) is 15.1. The SMILES string of the molecule is CC1(Nc2nc(C(N)=O)ccc2N)CCS(=O)(=O)C1. The van der Waals surface area contributed by atoms with Gasteiger partial charge in [0.05, 0.1) is 22.7 Å². The van der Waals surface area contributed by atoms with Crippen molar-refractivity contribution >= 4 is 27.2 Å². The summed E-state index contributed by atoms with van der Waals surface area (Å²) in [5.74, 6) is -0.225. The van der Waals surface area contributed by atoms with E-state index in [9.17, 15) is 13.2 Å². The lowest BCUT2D eigenvalue weighted by molar-refractivity contribution is 0.0995. The van der Waals surface area contributed by atoms with Gasteiger partial charge in [0.25, 0.3) is 5.91 Å². The quantitative estimate of drug-likeness (QED) is 0.702. The van der Waals surface area contributed by atoms with Crippen molar-refractivity contribution < 1.29 is 13.2 Å². The highest BCUT2D eigenvalue weighted by Gasteiger charge is 2.38. The van der Waals surface area contributed by atoms with Crippen LogP contribution < -0.4 is 16.8 Å². The average molecular weight is 284 g/mol. The van der Waals surface area contributed by atoms with Gasteiger partial charge in [0.2, 0.25) is 0 Å². The number of carbonyl (C=O) groups is 1. The fraction of sp³-hybridized carbons (Fsp3) is 0.455. The number of nitrogens with one attached hydrogen (secondary N) is 1. The van der Waals surface area contributed by atoms with Gasteiger partial charge in [-0.3, -0.25) is 4.79 Å². The van der Waals surface area contributed by atoms with E-state index in [1.54, 1.807) is 6.92 Å². The van der Waals surface area contributed by atoms with Gasteiger partial charge >= 0.3 is 0 Å². The first-order chi connectivity index (χ1) is 8.71. The molecule has 1 saturated heterocycles. The molecule has 1 unspecified atom stereocenters. The molecule has 0 aliphatic carbocycles. The number of nitrogens with two attached hydrogens (primary N) is 2. The van der Waals surface area contributed by atoms with Gasteiger partial charge in [-0.1, -0.05) is 0 Å². The Morgan fingerprint density at radius 1 is 1.47 bits per heavy atom. The molecule has 1 aromatic rings. The molecule has 7 nitrogen and oxygen atoms in total. The van der Waals surface area contributed by atoms with E-state index >= 15 is 0 Å². The summed E-state index contributed by atoms with van der Waals surface area (Å²) in [7, 11) is -3.04. The van der Waals surface area contributed by atoms with Gasteiger partial charge in [-0.15, -0.1) is 0 Å². The van der Waals surface area contributed by atoms with E-state index in [0.29, 0.717) is 12.1 Å². The van der Waals surface area contributed by atoms with Crippen LogP contribution in [0, 0.1) is 0 Å². The summed E-state index contributed by atoms with van der Waals surface area (Å²) < 4.78 is 23.1. The minimum Gasteiger partial charge on any atom is -0.396 e. The Morgan fingerprint density at radius 3 is 2.68 bits per heavy atom. The maximum atomic E-state index is 11.5. The third-order valence-corrected chi connectivity index (χ3v) is 5.01. The maximum absolute atomic E-state index is 11.5. The molecular weight excluding hydrogens is 268 g/mol. The normalized spacial score (nSPS) is 25.1. The van der Waals surface area contributed by atoms with Crippen molar-refractivity contribution in [2.24, 2.45) is 5.73 Å². The van der Waals surface area contributed by atoms with Gasteiger partial charge in [-0.2, -0.15) is 0 Å². The zero-order chi connectivity index (χ0) is 14.3. The molecule has 0 bridgehead atoms. The first-order valence-corrected chi connectivity index (χ1v) is 7.58. The molecule has 1 fully saturated rings. The van der Waals surface area contributed by atoms with Crippen LogP contribution in [0.2, 0.25) is 0 Å². The van der Waals surface area contributed by atoms with Crippen LogP contribution in [0.15, 0.2) is 12.1 Å². The predicted molar refractivity (Wildman–Crippen MR) is 72.5 cm³/mol. The van der Waals surface area contributed by atoms with Crippen LogP contribution in [0.3, 0.4) is 0 Å². The summed E-state index contributed by atoms with van der Waals surface area (Å²) in [5, 5.41) is 3.01. The van der Waals surface area contributed by atoms with Crippen LogP contribution in [0.4, 0.5) is 11.5 Å². The second-order valence-electron chi connectivity index (χ2n) is 5.03. The van der Waals surface area contributed by atoms with Gasteiger partial charge in [0, 0.05) is 0 Å². The molecule has 0 radical (unpaired) electrons. The maximum Gasteiger partial charge on any atom is 0.267 e. The van der Waals surface area contributed by atoms with Gasteiger partial charge in [-0.25, -0.2) is 13.4 Å². The molecule has 0 spiro atoms. The Bertz CT molecular complexity index is 629. The highest BCUT2D eigenvalue weighted by molar-refractivity contribution is 7.91. The summed E-state index contributed by atoms with van der Waals surface area (Å²) >= 11 is 0. The number of aromatic nitrogens is 1. The zero-order valence-electron chi connectivity index (χ0n) is 10.5. The monoisotopic (exact) mass is 284 g/mol. The smallest absolute Gasteiger partial charge is 0.267 e. The van der Waals surface area contributed by atoms with Crippen molar-refractivity contribution in [1.29, 1.82) is 0 Å². The Morgan fingerprint density at radius 2 is 2.16 bits per heavy atom. The molecule has 1 atom stereocenters. The number of nitrogen functional groups attached to an aromatic ring is 1. The van der Waals surface area contributed by atoms with E-state index in [2.05, 4.69) is 10.3 Å². The lowest BCUT2D eigenvalue weighted by Gasteiger charge is -2.25. The fourth-order valence-electron chi connectivity index (χ4n) is 2.10. The molecule has 1 aliphatic rings. The number of sulfone groups is 1. The first kappa shape index (κ1) is 13.6. The summed E-state index contributed by atoms with van der Waals surface area (Å²) in [6, 6.07) is 2.94. The number of hydrogen-bond donors (Lipinski definition) is 3. The Balaban J connectivity index is 2.29. The zero-order valence-corrected chi connectivity index (χ0v) is 11.3. The Hall–Kier alpha value is -1.83. The highest BCUT2D eigenvalue weighted by atomic mass is 32.2. The number of carbonyl (C=O) groups excluding carboxylic acids is 1. The largest absolute Gasteiger partial charge is 0.396 e. The Kier molecular flexibility index (Phi) is 3.13. The fourth-order valence-corrected chi connectivity index (χ4v) is 4.20. The first-order valence-electron chi connectivity index (χ1n) is 5.76. The molecular formula is C11H16N4O3S. The topological polar surface area (TPSA) is 128 Å². The van der Waals surface area contributed by atoms with Gasteiger partial charge in [0.1, 0.15) is 5.69 Å². The molecule has 2 heterocycles. The van der Waals surface area contributed by atoms with Crippen LogP contribution in [-0.4, -0.2) is 36.4 Å². The van der Waals surface area contributed by atoms with E-state index in [-0.39, 0.29) is 23.0 Å².